The Kier molecular flexibility index (Phi) is 41.6. The maximum atomic E-state index is 13.0. The second-order valence-corrected chi connectivity index (χ2v) is 17.4. The van der Waals surface area contributed by atoms with Gasteiger partial charge in [0.1, 0.15) is 12.2 Å². The predicted octanol–water partition coefficient (Wildman–Crippen LogP) is 16.0. The van der Waals surface area contributed by atoms with Crippen molar-refractivity contribution >= 4 is 6.09 Å². The molecule has 0 bridgehead atoms. The van der Waals surface area contributed by atoms with Gasteiger partial charge in [0.05, 0.1) is 25.3 Å². The first-order valence-corrected chi connectivity index (χ1v) is 25.2. The van der Waals surface area contributed by atoms with Gasteiger partial charge in [-0.2, -0.15) is 0 Å². The van der Waals surface area contributed by atoms with Crippen molar-refractivity contribution in [3.63, 3.8) is 0 Å². The molecule has 0 aromatic carbocycles. The van der Waals surface area contributed by atoms with Gasteiger partial charge in [-0.05, 0) is 33.6 Å². The molecule has 0 aromatic rings. The molecule has 1 heterocycles. The third-order valence-corrected chi connectivity index (χ3v) is 11.6. The summed E-state index contributed by atoms with van der Waals surface area (Å²) in [7, 11) is 0. The van der Waals surface area contributed by atoms with E-state index < -0.39 is 0 Å². The van der Waals surface area contributed by atoms with Crippen molar-refractivity contribution in [3.8, 4) is 0 Å². The molecule has 2 unspecified atom stereocenters. The van der Waals surface area contributed by atoms with Crippen molar-refractivity contribution < 1.29 is 23.7 Å². The Morgan fingerprint density at radius 3 is 1.04 bits per heavy atom. The molecule has 0 aromatic heterocycles. The Balaban J connectivity index is 0.0000149. The summed E-state index contributed by atoms with van der Waals surface area (Å²) in [5.41, 5.74) is -0.294. The smallest absolute Gasteiger partial charge is 0.409 e. The van der Waals surface area contributed by atoms with Crippen molar-refractivity contribution in [2.75, 3.05) is 39.5 Å². The fraction of sp³-hybridized carbons (Fsp3) is 0.980. The summed E-state index contributed by atoms with van der Waals surface area (Å²) in [5.74, 6) is 0. The summed E-state index contributed by atoms with van der Waals surface area (Å²) < 4.78 is 24.2. The lowest BCUT2D eigenvalue weighted by Gasteiger charge is -2.25. The third kappa shape index (κ3) is 35.1. The van der Waals surface area contributed by atoms with Crippen LogP contribution in [0.1, 0.15) is 260 Å². The van der Waals surface area contributed by atoms with E-state index in [1.54, 1.807) is 4.90 Å². The maximum absolute atomic E-state index is 13.0. The molecule has 336 valence electrons. The number of rotatable bonds is 41. The van der Waals surface area contributed by atoms with E-state index in [4.69, 9.17) is 18.9 Å². The number of amides is 1. The molecule has 0 N–H and O–H groups in total. The second kappa shape index (κ2) is 42.3. The van der Waals surface area contributed by atoms with Gasteiger partial charge in [0.15, 0.2) is 0 Å². The Morgan fingerprint density at radius 2 is 0.750 bits per heavy atom. The molecule has 1 rings (SSSR count). The van der Waals surface area contributed by atoms with Crippen LogP contribution in [0.25, 0.3) is 0 Å². The largest absolute Gasteiger partial charge is 0.449 e. The highest BCUT2D eigenvalue weighted by Gasteiger charge is 2.37. The number of carbonyl (C=O) groups is 1. The molecule has 1 fully saturated rings. The number of carbonyl (C=O) groups excluding carboxylic acids is 1. The SMILES string of the molecule is CC.CCCCCCCCCCCCCCCCCCOC1CN(C(=O)OCCC(C)(C)OCC)CC1OCCCCCCCCCCCCCCCCCC. The van der Waals surface area contributed by atoms with Crippen molar-refractivity contribution in [3.05, 3.63) is 0 Å². The number of nitrogens with zero attached hydrogens (tertiary/aromatic N) is 1. The molecule has 6 nitrogen and oxygen atoms in total. The molecule has 1 aliphatic heterocycles. The molecule has 0 spiro atoms. The summed E-state index contributed by atoms with van der Waals surface area (Å²) >= 11 is 0. The van der Waals surface area contributed by atoms with Crippen LogP contribution in [0.3, 0.4) is 0 Å². The van der Waals surface area contributed by atoms with Gasteiger partial charge < -0.3 is 23.8 Å². The number of hydrogen-bond donors (Lipinski definition) is 0. The van der Waals surface area contributed by atoms with Crippen LogP contribution in [0.5, 0.6) is 0 Å². The van der Waals surface area contributed by atoms with E-state index in [0.29, 0.717) is 32.7 Å². The number of likely N-dealkylation sites (tertiary alicyclic amines) is 1. The van der Waals surface area contributed by atoms with Crippen LogP contribution in [0, 0.1) is 0 Å². The van der Waals surface area contributed by atoms with E-state index in [1.807, 2.05) is 34.6 Å². The zero-order valence-corrected chi connectivity index (χ0v) is 39.2. The van der Waals surface area contributed by atoms with E-state index in [2.05, 4.69) is 13.8 Å². The fourth-order valence-corrected chi connectivity index (χ4v) is 7.92. The number of ether oxygens (including phenoxy) is 4. The monoisotopic (exact) mass is 796 g/mol. The molecule has 1 saturated heterocycles. The van der Waals surface area contributed by atoms with E-state index in [9.17, 15) is 4.79 Å². The standard InChI is InChI=1S/C48H95NO5.C2H6/c1-6-9-11-13-15-17-19-21-23-25-27-29-31-33-35-37-40-51-45-43-49(47(50)53-42-39-48(4,5)54-8-3)44-46(45)52-41-38-36-34-32-30-28-26-24-22-20-18-16-14-12-10-7-2;1-2/h45-46H,6-44H2,1-5H3;1-2H3. The van der Waals surface area contributed by atoms with Crippen LogP contribution in [0.2, 0.25) is 0 Å². The van der Waals surface area contributed by atoms with E-state index >= 15 is 0 Å². The van der Waals surface area contributed by atoms with Crippen molar-refractivity contribution in [1.82, 2.24) is 4.90 Å². The van der Waals surface area contributed by atoms with Gasteiger partial charge in [0, 0.05) is 26.2 Å². The molecule has 2 atom stereocenters. The summed E-state index contributed by atoms with van der Waals surface area (Å²) in [6.07, 6.45) is 44.1. The highest BCUT2D eigenvalue weighted by atomic mass is 16.6. The van der Waals surface area contributed by atoms with Gasteiger partial charge in [-0.1, -0.05) is 220 Å². The van der Waals surface area contributed by atoms with E-state index in [1.165, 1.54) is 193 Å². The highest BCUT2D eigenvalue weighted by Crippen LogP contribution is 2.22. The van der Waals surface area contributed by atoms with Crippen molar-refractivity contribution in [2.45, 2.75) is 278 Å². The molecule has 1 aliphatic rings. The van der Waals surface area contributed by atoms with E-state index in [0.717, 1.165) is 26.1 Å². The van der Waals surface area contributed by atoms with Crippen molar-refractivity contribution in [2.24, 2.45) is 0 Å². The van der Waals surface area contributed by atoms with Crippen molar-refractivity contribution in [1.29, 1.82) is 0 Å². The first kappa shape index (κ1) is 55.2. The highest BCUT2D eigenvalue weighted by molar-refractivity contribution is 5.68. The Morgan fingerprint density at radius 1 is 0.464 bits per heavy atom. The minimum Gasteiger partial charge on any atom is -0.449 e. The maximum Gasteiger partial charge on any atom is 0.409 e. The summed E-state index contributed by atoms with van der Waals surface area (Å²) in [6, 6.07) is 0. The first-order valence-electron chi connectivity index (χ1n) is 25.2. The molecule has 0 aliphatic carbocycles. The molecule has 0 radical (unpaired) electrons. The van der Waals surface area contributed by atoms with Gasteiger partial charge >= 0.3 is 6.09 Å². The zero-order chi connectivity index (χ0) is 41.2. The number of hydrogen-bond acceptors (Lipinski definition) is 5. The Bertz CT molecular complexity index is 745. The van der Waals surface area contributed by atoms with Crippen LogP contribution < -0.4 is 0 Å². The molecule has 6 heteroatoms. The van der Waals surface area contributed by atoms with Crippen LogP contribution in [0.4, 0.5) is 4.79 Å². The van der Waals surface area contributed by atoms with Gasteiger partial charge in [-0.15, -0.1) is 0 Å². The summed E-state index contributed by atoms with van der Waals surface area (Å²) in [4.78, 5) is 14.8. The van der Waals surface area contributed by atoms with Crippen LogP contribution in [-0.4, -0.2) is 68.3 Å². The molecule has 1 amide bonds. The number of unbranched alkanes of at least 4 members (excludes halogenated alkanes) is 30. The average Bonchev–Trinajstić information content (AvgIpc) is 3.60. The van der Waals surface area contributed by atoms with Gasteiger partial charge in [0.2, 0.25) is 0 Å². The Hall–Kier alpha value is -0.850. The lowest BCUT2D eigenvalue weighted by Crippen LogP contribution is -2.33. The van der Waals surface area contributed by atoms with Gasteiger partial charge in [-0.25, -0.2) is 4.79 Å². The molecule has 56 heavy (non-hydrogen) atoms. The quantitative estimate of drug-likeness (QED) is 0.0577. The average molecular weight is 796 g/mol. The van der Waals surface area contributed by atoms with Crippen LogP contribution in [-0.2, 0) is 18.9 Å². The fourth-order valence-electron chi connectivity index (χ4n) is 7.92. The lowest BCUT2D eigenvalue weighted by atomic mass is 10.0. The van der Waals surface area contributed by atoms with Gasteiger partial charge in [-0.3, -0.25) is 0 Å². The topological polar surface area (TPSA) is 57.2 Å². The minimum absolute atomic E-state index is 0.0742. The molecular weight excluding hydrogens is 695 g/mol. The summed E-state index contributed by atoms with van der Waals surface area (Å²) in [5, 5.41) is 0. The van der Waals surface area contributed by atoms with E-state index in [-0.39, 0.29) is 23.9 Å². The lowest BCUT2D eigenvalue weighted by molar-refractivity contribution is -0.0481. The predicted molar refractivity (Wildman–Crippen MR) is 243 cm³/mol. The first-order chi connectivity index (χ1) is 27.4. The second-order valence-electron chi connectivity index (χ2n) is 17.4. The Labute approximate surface area is 351 Å². The van der Waals surface area contributed by atoms with Gasteiger partial charge in [0.25, 0.3) is 0 Å². The third-order valence-electron chi connectivity index (χ3n) is 11.6. The zero-order valence-electron chi connectivity index (χ0n) is 39.2. The molecule has 0 saturated carbocycles. The molecular formula is C50H101NO5. The minimum atomic E-state index is -0.294. The summed E-state index contributed by atoms with van der Waals surface area (Å²) in [6.45, 7) is 18.3. The normalized spacial score (nSPS) is 15.7. The van der Waals surface area contributed by atoms with Crippen LogP contribution >= 0.6 is 0 Å². The van der Waals surface area contributed by atoms with Crippen LogP contribution in [0.15, 0.2) is 0 Å².